The Hall–Kier alpha value is -4.37. The van der Waals surface area contributed by atoms with Crippen molar-refractivity contribution in [2.75, 3.05) is 0 Å². The van der Waals surface area contributed by atoms with E-state index in [1.807, 2.05) is 25.1 Å². The van der Waals surface area contributed by atoms with Crippen LogP contribution >= 0.6 is 0 Å². The van der Waals surface area contributed by atoms with Gasteiger partial charge in [0.25, 0.3) is 0 Å². The van der Waals surface area contributed by atoms with Crippen LogP contribution in [0, 0.1) is 25.0 Å². The van der Waals surface area contributed by atoms with Crippen LogP contribution in [0.5, 0.6) is 0 Å². The monoisotopic (exact) mass is 414 g/mol. The van der Waals surface area contributed by atoms with E-state index in [1.54, 1.807) is 6.19 Å². The topological polar surface area (TPSA) is 78.6 Å². The number of rotatable bonds is 0. The Kier molecular flexibility index (Phi) is 3.80. The smallest absolute Gasteiger partial charge is 0.241 e. The lowest BCUT2D eigenvalue weighted by Gasteiger charge is -2.05. The lowest BCUT2D eigenvalue weighted by Crippen LogP contribution is -2.06. The van der Waals surface area contributed by atoms with Crippen molar-refractivity contribution in [2.24, 2.45) is 10.1 Å². The average Bonchev–Trinajstić information content (AvgIpc) is 3.19. The standard InChI is InChI=1S/C22H9F3N6/c1-10-3-5-12-14(7-10)19(31-27-2)21-18(12)29-20-16(28-9-26)15-8-11(22(23,24)25)4-6-13(15)17(20)30-21/h3-8H,1H3/b28-16?,31-19+. The zero-order chi connectivity index (χ0) is 21.9. The second kappa shape index (κ2) is 6.31. The third kappa shape index (κ3) is 2.64. The molecule has 6 nitrogen and oxygen atoms in total. The van der Waals surface area contributed by atoms with E-state index in [0.29, 0.717) is 38.1 Å². The Morgan fingerprint density at radius 1 is 0.903 bits per heavy atom. The van der Waals surface area contributed by atoms with Crippen molar-refractivity contribution in [3.63, 3.8) is 0 Å². The van der Waals surface area contributed by atoms with Gasteiger partial charge in [-0.2, -0.15) is 30.0 Å². The summed E-state index contributed by atoms with van der Waals surface area (Å²) in [7, 11) is 0. The number of aryl methyl sites for hydroxylation is 1. The van der Waals surface area contributed by atoms with E-state index in [4.69, 9.17) is 11.8 Å². The molecule has 0 atom stereocenters. The molecule has 1 aromatic heterocycles. The first-order valence-corrected chi connectivity index (χ1v) is 9.01. The Labute approximate surface area is 171 Å². The van der Waals surface area contributed by atoms with E-state index in [0.717, 1.165) is 17.7 Å². The predicted molar refractivity (Wildman–Crippen MR) is 108 cm³/mol. The summed E-state index contributed by atoms with van der Waals surface area (Å²) in [5.41, 5.74) is 1.47. The van der Waals surface area contributed by atoms with Crippen LogP contribution in [-0.4, -0.2) is 9.97 Å². The summed E-state index contributed by atoms with van der Waals surface area (Å²) in [5.74, 6) is 0. The summed E-state index contributed by atoms with van der Waals surface area (Å²) >= 11 is 0. The van der Waals surface area contributed by atoms with Gasteiger partial charge in [0.1, 0.15) is 16.4 Å². The second-order valence-corrected chi connectivity index (χ2v) is 7.03. The van der Waals surface area contributed by atoms with E-state index in [9.17, 15) is 13.2 Å². The maximum atomic E-state index is 13.2. The number of hydrogen-bond acceptors (Lipinski definition) is 5. The van der Waals surface area contributed by atoms with Gasteiger partial charge in [-0.1, -0.05) is 23.8 Å². The minimum Gasteiger partial charge on any atom is -0.241 e. The number of nitriles is 1. The Bertz CT molecular complexity index is 1760. The fourth-order valence-electron chi connectivity index (χ4n) is 3.89. The fourth-order valence-corrected chi connectivity index (χ4v) is 3.89. The molecule has 0 bridgehead atoms. The highest BCUT2D eigenvalue weighted by atomic mass is 19.4. The molecule has 0 saturated heterocycles. The molecule has 0 fully saturated rings. The molecule has 4 aromatic carbocycles. The van der Waals surface area contributed by atoms with Gasteiger partial charge in [-0.15, -0.1) is 4.95 Å². The van der Waals surface area contributed by atoms with E-state index in [2.05, 4.69) is 25.0 Å². The van der Waals surface area contributed by atoms with Gasteiger partial charge in [-0.3, -0.25) is 0 Å². The summed E-state index contributed by atoms with van der Waals surface area (Å²) in [4.78, 5) is 16.2. The van der Waals surface area contributed by atoms with Gasteiger partial charge in [0, 0.05) is 21.5 Å². The molecule has 0 spiro atoms. The van der Waals surface area contributed by atoms with E-state index < -0.39 is 11.7 Å². The minimum absolute atomic E-state index is 0.0399. The van der Waals surface area contributed by atoms with Crippen LogP contribution < -0.4 is 10.7 Å². The first-order valence-electron chi connectivity index (χ1n) is 9.01. The van der Waals surface area contributed by atoms with Crippen molar-refractivity contribution in [2.45, 2.75) is 13.1 Å². The van der Waals surface area contributed by atoms with Crippen molar-refractivity contribution >= 4 is 43.6 Å². The normalized spacial score (nSPS) is 13.5. The highest BCUT2D eigenvalue weighted by Gasteiger charge is 2.31. The first kappa shape index (κ1) is 18.6. The second-order valence-electron chi connectivity index (χ2n) is 7.03. The minimum atomic E-state index is -4.55. The van der Waals surface area contributed by atoms with Crippen LogP contribution in [0.1, 0.15) is 11.1 Å². The first-order chi connectivity index (χ1) is 14.8. The molecule has 5 aromatic rings. The van der Waals surface area contributed by atoms with Crippen LogP contribution in [0.4, 0.5) is 13.2 Å². The lowest BCUT2D eigenvalue weighted by molar-refractivity contribution is -0.137. The number of fused-ring (bicyclic) bond motifs is 6. The van der Waals surface area contributed by atoms with Gasteiger partial charge in [0.2, 0.25) is 6.19 Å². The van der Waals surface area contributed by atoms with Crippen molar-refractivity contribution in [3.8, 4) is 6.19 Å². The quantitative estimate of drug-likeness (QED) is 0.214. The van der Waals surface area contributed by atoms with Crippen LogP contribution in [0.3, 0.4) is 0 Å². The lowest BCUT2D eigenvalue weighted by atomic mass is 10.1. The number of alkyl halides is 3. The van der Waals surface area contributed by atoms with Crippen molar-refractivity contribution in [1.29, 1.82) is 5.26 Å². The van der Waals surface area contributed by atoms with E-state index in [-0.39, 0.29) is 16.3 Å². The van der Waals surface area contributed by atoms with Gasteiger partial charge in [0.05, 0.1) is 21.7 Å². The number of aromatic nitrogens is 2. The highest BCUT2D eigenvalue weighted by molar-refractivity contribution is 6.14. The SMILES string of the molecule is [C-]#[N+]/N=c1\c2cc(C)ccc2c2nc3c(=NC#N)c4cc(C(F)(F)F)ccc4c3nc12. The maximum Gasteiger partial charge on any atom is 0.416 e. The molecule has 0 saturated carbocycles. The van der Waals surface area contributed by atoms with E-state index in [1.165, 1.54) is 6.07 Å². The fraction of sp³-hybridized carbons (Fsp3) is 0.0909. The third-order valence-corrected chi connectivity index (χ3v) is 5.20. The molecule has 0 radical (unpaired) electrons. The maximum absolute atomic E-state index is 13.2. The van der Waals surface area contributed by atoms with E-state index >= 15 is 0 Å². The molecule has 9 heteroatoms. The zero-order valence-corrected chi connectivity index (χ0v) is 15.8. The molecule has 5 rings (SSSR count). The average molecular weight is 414 g/mol. The number of nitrogens with zero attached hydrogens (tertiary/aromatic N) is 6. The van der Waals surface area contributed by atoms with Crippen LogP contribution in [0.25, 0.3) is 48.6 Å². The molecule has 0 aliphatic carbocycles. The van der Waals surface area contributed by atoms with Gasteiger partial charge in [0.15, 0.2) is 5.36 Å². The van der Waals surface area contributed by atoms with Gasteiger partial charge >= 0.3 is 6.18 Å². The molecular formula is C22H9F3N6. The summed E-state index contributed by atoms with van der Waals surface area (Å²) in [6.07, 6.45) is -2.90. The third-order valence-electron chi connectivity index (χ3n) is 5.20. The molecule has 148 valence electrons. The molecule has 0 amide bonds. The summed E-state index contributed by atoms with van der Waals surface area (Å²) in [5, 5.41) is 15.4. The highest BCUT2D eigenvalue weighted by Crippen LogP contribution is 2.33. The zero-order valence-electron chi connectivity index (χ0n) is 15.8. The molecule has 0 N–H and O–H groups in total. The largest absolute Gasteiger partial charge is 0.416 e. The van der Waals surface area contributed by atoms with Crippen LogP contribution in [0.15, 0.2) is 46.5 Å². The number of benzene rings is 2. The van der Waals surface area contributed by atoms with Crippen LogP contribution in [0.2, 0.25) is 0 Å². The number of hydrogen-bond donors (Lipinski definition) is 0. The molecule has 1 heterocycles. The van der Waals surface area contributed by atoms with Crippen LogP contribution in [-0.2, 0) is 6.18 Å². The molecule has 31 heavy (non-hydrogen) atoms. The Morgan fingerprint density at radius 3 is 2.13 bits per heavy atom. The summed E-state index contributed by atoms with van der Waals surface area (Å²) in [6, 6.07) is 8.80. The summed E-state index contributed by atoms with van der Waals surface area (Å²) < 4.78 is 39.7. The molecule has 0 unspecified atom stereocenters. The Morgan fingerprint density at radius 2 is 1.52 bits per heavy atom. The van der Waals surface area contributed by atoms with Crippen molar-refractivity contribution in [1.82, 2.24) is 9.97 Å². The number of halogens is 3. The van der Waals surface area contributed by atoms with Crippen molar-refractivity contribution < 1.29 is 13.2 Å². The molecular weight excluding hydrogens is 405 g/mol. The summed E-state index contributed by atoms with van der Waals surface area (Å²) in [6.45, 7) is 9.08. The van der Waals surface area contributed by atoms with Crippen molar-refractivity contribution in [3.05, 3.63) is 69.8 Å². The van der Waals surface area contributed by atoms with Gasteiger partial charge in [-0.25, -0.2) is 9.97 Å². The Balaban J connectivity index is 2.05. The molecule has 0 aliphatic rings. The molecule has 0 aliphatic heterocycles. The van der Waals surface area contributed by atoms with Gasteiger partial charge < -0.3 is 0 Å². The predicted octanol–water partition coefficient (Wildman–Crippen LogP) is 4.41. The van der Waals surface area contributed by atoms with Gasteiger partial charge in [-0.05, 0) is 25.1 Å².